The molecule has 0 radical (unpaired) electrons. The number of hydrogen-bond donors (Lipinski definition) is 1. The number of aryl methyl sites for hydroxylation is 3. The molecule has 0 amide bonds. The van der Waals surface area contributed by atoms with E-state index in [0.29, 0.717) is 6.54 Å². The molecule has 5 nitrogen and oxygen atoms in total. The van der Waals surface area contributed by atoms with Crippen molar-refractivity contribution >= 4 is 5.69 Å². The molecule has 86 valence electrons. The van der Waals surface area contributed by atoms with Crippen LogP contribution in [0.2, 0.25) is 0 Å². The standard InChI is InChI=1S/C11H17N5/c1-7-5-10(15(4)13-7)6-16-9(3)11(12)8(2)14-16/h5H,6,12H2,1-4H3. The summed E-state index contributed by atoms with van der Waals surface area (Å²) in [6.07, 6.45) is 0. The highest BCUT2D eigenvalue weighted by molar-refractivity contribution is 5.46. The van der Waals surface area contributed by atoms with Gasteiger partial charge in [-0.25, -0.2) is 0 Å². The molecule has 2 N–H and O–H groups in total. The lowest BCUT2D eigenvalue weighted by atomic mass is 10.3. The molecule has 0 saturated heterocycles. The van der Waals surface area contributed by atoms with Crippen LogP contribution in [-0.4, -0.2) is 19.6 Å². The van der Waals surface area contributed by atoms with Crippen molar-refractivity contribution in [3.8, 4) is 0 Å². The maximum atomic E-state index is 5.89. The first-order chi connectivity index (χ1) is 7.49. The van der Waals surface area contributed by atoms with Crippen molar-refractivity contribution in [2.45, 2.75) is 27.3 Å². The fourth-order valence-electron chi connectivity index (χ4n) is 1.83. The number of nitrogens with zero attached hydrogens (tertiary/aromatic N) is 4. The smallest absolute Gasteiger partial charge is 0.0832 e. The first kappa shape index (κ1) is 10.7. The van der Waals surface area contributed by atoms with Crippen molar-refractivity contribution in [3.63, 3.8) is 0 Å². The monoisotopic (exact) mass is 219 g/mol. The molecule has 0 aromatic carbocycles. The van der Waals surface area contributed by atoms with Gasteiger partial charge in [0.15, 0.2) is 0 Å². The van der Waals surface area contributed by atoms with E-state index < -0.39 is 0 Å². The Morgan fingerprint density at radius 3 is 2.38 bits per heavy atom. The number of anilines is 1. The molecule has 0 fully saturated rings. The predicted octanol–water partition coefficient (Wildman–Crippen LogP) is 1.17. The Bertz CT molecular complexity index is 521. The molecule has 0 spiro atoms. The lowest BCUT2D eigenvalue weighted by Crippen LogP contribution is -2.08. The molecular weight excluding hydrogens is 202 g/mol. The summed E-state index contributed by atoms with van der Waals surface area (Å²) in [6, 6.07) is 2.06. The van der Waals surface area contributed by atoms with Gasteiger partial charge in [0.1, 0.15) is 0 Å². The van der Waals surface area contributed by atoms with Crippen molar-refractivity contribution < 1.29 is 0 Å². The van der Waals surface area contributed by atoms with E-state index in [0.717, 1.165) is 28.5 Å². The lowest BCUT2D eigenvalue weighted by Gasteiger charge is -2.04. The van der Waals surface area contributed by atoms with Crippen molar-refractivity contribution in [3.05, 3.63) is 28.8 Å². The summed E-state index contributed by atoms with van der Waals surface area (Å²) in [7, 11) is 1.94. The third kappa shape index (κ3) is 1.68. The van der Waals surface area contributed by atoms with Crippen molar-refractivity contribution in [1.82, 2.24) is 19.6 Å². The van der Waals surface area contributed by atoms with E-state index in [-0.39, 0.29) is 0 Å². The second-order valence-corrected chi connectivity index (χ2v) is 4.14. The molecule has 0 aliphatic rings. The molecule has 0 unspecified atom stereocenters. The maximum Gasteiger partial charge on any atom is 0.0832 e. The van der Waals surface area contributed by atoms with E-state index in [1.807, 2.05) is 37.2 Å². The Morgan fingerprint density at radius 1 is 1.25 bits per heavy atom. The van der Waals surface area contributed by atoms with Crippen LogP contribution in [0.15, 0.2) is 6.07 Å². The first-order valence-electron chi connectivity index (χ1n) is 5.28. The summed E-state index contributed by atoms with van der Waals surface area (Å²) in [5, 5.41) is 8.72. The molecule has 2 rings (SSSR count). The Kier molecular flexibility index (Phi) is 2.46. The quantitative estimate of drug-likeness (QED) is 0.824. The second-order valence-electron chi connectivity index (χ2n) is 4.14. The van der Waals surface area contributed by atoms with E-state index in [2.05, 4.69) is 16.3 Å². The van der Waals surface area contributed by atoms with E-state index in [9.17, 15) is 0 Å². The summed E-state index contributed by atoms with van der Waals surface area (Å²) in [4.78, 5) is 0. The molecule has 0 bridgehead atoms. The van der Waals surface area contributed by atoms with Gasteiger partial charge in [-0.1, -0.05) is 0 Å². The van der Waals surface area contributed by atoms with E-state index in [1.54, 1.807) is 0 Å². The van der Waals surface area contributed by atoms with Crippen LogP contribution in [0, 0.1) is 20.8 Å². The molecular formula is C11H17N5. The minimum absolute atomic E-state index is 0.710. The Labute approximate surface area is 94.9 Å². The van der Waals surface area contributed by atoms with Crippen LogP contribution in [0.5, 0.6) is 0 Å². The number of hydrogen-bond acceptors (Lipinski definition) is 3. The molecule has 0 saturated carbocycles. The van der Waals surface area contributed by atoms with E-state index >= 15 is 0 Å². The van der Waals surface area contributed by atoms with Gasteiger partial charge in [-0.3, -0.25) is 9.36 Å². The minimum atomic E-state index is 0.710. The molecule has 0 aliphatic carbocycles. The van der Waals surface area contributed by atoms with Gasteiger partial charge in [-0.2, -0.15) is 10.2 Å². The molecule has 16 heavy (non-hydrogen) atoms. The lowest BCUT2D eigenvalue weighted by molar-refractivity contribution is 0.603. The van der Waals surface area contributed by atoms with Gasteiger partial charge in [0.2, 0.25) is 0 Å². The van der Waals surface area contributed by atoms with Gasteiger partial charge >= 0.3 is 0 Å². The van der Waals surface area contributed by atoms with Crippen LogP contribution in [0.4, 0.5) is 5.69 Å². The van der Waals surface area contributed by atoms with Gasteiger partial charge in [0.05, 0.1) is 35.0 Å². The Balaban J connectivity index is 2.34. The van der Waals surface area contributed by atoms with Crippen LogP contribution >= 0.6 is 0 Å². The van der Waals surface area contributed by atoms with Gasteiger partial charge in [0.25, 0.3) is 0 Å². The highest BCUT2D eigenvalue weighted by Gasteiger charge is 2.10. The molecule has 0 aliphatic heterocycles. The number of aromatic nitrogens is 4. The minimum Gasteiger partial charge on any atom is -0.396 e. The molecule has 5 heteroatoms. The molecule has 2 aromatic heterocycles. The van der Waals surface area contributed by atoms with Crippen molar-refractivity contribution in [2.24, 2.45) is 7.05 Å². The van der Waals surface area contributed by atoms with Crippen molar-refractivity contribution in [1.29, 1.82) is 0 Å². The average Bonchev–Trinajstić information content (AvgIpc) is 2.64. The maximum absolute atomic E-state index is 5.89. The fraction of sp³-hybridized carbons (Fsp3) is 0.455. The Hall–Kier alpha value is -1.78. The predicted molar refractivity (Wildman–Crippen MR) is 63.2 cm³/mol. The zero-order valence-electron chi connectivity index (χ0n) is 10.2. The zero-order chi connectivity index (χ0) is 11.9. The third-order valence-electron chi connectivity index (χ3n) is 2.85. The van der Waals surface area contributed by atoms with Crippen LogP contribution in [-0.2, 0) is 13.6 Å². The van der Waals surface area contributed by atoms with Gasteiger partial charge in [-0.05, 0) is 26.8 Å². The van der Waals surface area contributed by atoms with Crippen LogP contribution in [0.3, 0.4) is 0 Å². The summed E-state index contributed by atoms with van der Waals surface area (Å²) in [5.41, 5.74) is 10.7. The topological polar surface area (TPSA) is 61.7 Å². The molecule has 2 aromatic rings. The van der Waals surface area contributed by atoms with Gasteiger partial charge in [0, 0.05) is 7.05 Å². The largest absolute Gasteiger partial charge is 0.396 e. The van der Waals surface area contributed by atoms with E-state index in [1.165, 1.54) is 0 Å². The molecule has 0 atom stereocenters. The number of nitrogen functional groups attached to an aromatic ring is 1. The highest BCUT2D eigenvalue weighted by Crippen LogP contribution is 2.16. The first-order valence-corrected chi connectivity index (χ1v) is 5.28. The number of rotatable bonds is 2. The molecule has 2 heterocycles. The summed E-state index contributed by atoms with van der Waals surface area (Å²) in [6.45, 7) is 6.60. The highest BCUT2D eigenvalue weighted by atomic mass is 15.3. The second kappa shape index (κ2) is 3.66. The SMILES string of the molecule is Cc1cc(Cn2nc(C)c(N)c2C)n(C)n1. The Morgan fingerprint density at radius 2 is 1.94 bits per heavy atom. The van der Waals surface area contributed by atoms with Crippen LogP contribution < -0.4 is 5.73 Å². The zero-order valence-corrected chi connectivity index (χ0v) is 10.2. The van der Waals surface area contributed by atoms with Crippen molar-refractivity contribution in [2.75, 3.05) is 5.73 Å². The fourth-order valence-corrected chi connectivity index (χ4v) is 1.83. The van der Waals surface area contributed by atoms with E-state index in [4.69, 9.17) is 5.73 Å². The van der Waals surface area contributed by atoms with Gasteiger partial charge < -0.3 is 5.73 Å². The van der Waals surface area contributed by atoms with Crippen LogP contribution in [0.25, 0.3) is 0 Å². The number of nitrogens with two attached hydrogens (primary N) is 1. The van der Waals surface area contributed by atoms with Crippen LogP contribution in [0.1, 0.15) is 22.8 Å². The summed E-state index contributed by atoms with van der Waals surface area (Å²) >= 11 is 0. The third-order valence-corrected chi connectivity index (χ3v) is 2.85. The summed E-state index contributed by atoms with van der Waals surface area (Å²) < 4.78 is 3.79. The normalized spacial score (nSPS) is 11.0. The van der Waals surface area contributed by atoms with Gasteiger partial charge in [-0.15, -0.1) is 0 Å². The average molecular weight is 219 g/mol. The summed E-state index contributed by atoms with van der Waals surface area (Å²) in [5.74, 6) is 0.